The van der Waals surface area contributed by atoms with Gasteiger partial charge in [0.15, 0.2) is 0 Å². The van der Waals surface area contributed by atoms with Gasteiger partial charge in [-0.3, -0.25) is 4.90 Å². The molecule has 0 aliphatic carbocycles. The van der Waals surface area contributed by atoms with Crippen molar-refractivity contribution in [1.82, 2.24) is 15.2 Å². The van der Waals surface area contributed by atoms with Crippen molar-refractivity contribution in [3.63, 3.8) is 0 Å². The number of anilines is 1. The highest BCUT2D eigenvalue weighted by Crippen LogP contribution is 2.23. The van der Waals surface area contributed by atoms with Crippen LogP contribution in [0.5, 0.6) is 0 Å². The van der Waals surface area contributed by atoms with E-state index in [1.807, 2.05) is 6.20 Å². The highest BCUT2D eigenvalue weighted by Gasteiger charge is 2.31. The molecular formula is C16H28N4. The molecule has 1 aromatic heterocycles. The van der Waals surface area contributed by atoms with Crippen LogP contribution in [0.3, 0.4) is 0 Å². The molecule has 0 amide bonds. The van der Waals surface area contributed by atoms with Crippen LogP contribution < -0.4 is 10.2 Å². The quantitative estimate of drug-likeness (QED) is 0.914. The number of pyridine rings is 1. The summed E-state index contributed by atoms with van der Waals surface area (Å²) in [6, 6.07) is 4.72. The molecule has 1 unspecified atom stereocenters. The first kappa shape index (κ1) is 15.3. The summed E-state index contributed by atoms with van der Waals surface area (Å²) in [5.74, 6) is 1.10. The van der Waals surface area contributed by atoms with Crippen LogP contribution in [0.4, 0.5) is 5.82 Å². The first-order valence-electron chi connectivity index (χ1n) is 7.59. The van der Waals surface area contributed by atoms with Gasteiger partial charge in [0.2, 0.25) is 0 Å². The number of likely N-dealkylation sites (N-methyl/N-ethyl adjacent to an activating group) is 1. The Hall–Kier alpha value is -1.13. The monoisotopic (exact) mass is 276 g/mol. The van der Waals surface area contributed by atoms with Gasteiger partial charge >= 0.3 is 0 Å². The van der Waals surface area contributed by atoms with Crippen molar-refractivity contribution in [3.8, 4) is 0 Å². The number of aromatic nitrogens is 1. The van der Waals surface area contributed by atoms with Crippen LogP contribution in [0.15, 0.2) is 18.3 Å². The van der Waals surface area contributed by atoms with E-state index in [1.54, 1.807) is 0 Å². The predicted octanol–water partition coefficient (Wildman–Crippen LogP) is 2.28. The molecule has 112 valence electrons. The van der Waals surface area contributed by atoms with Crippen LogP contribution in [0.25, 0.3) is 0 Å². The molecule has 4 nitrogen and oxygen atoms in total. The van der Waals surface area contributed by atoms with Crippen molar-refractivity contribution in [2.75, 3.05) is 38.1 Å². The zero-order valence-corrected chi connectivity index (χ0v) is 13.5. The van der Waals surface area contributed by atoms with E-state index in [2.05, 4.69) is 67.0 Å². The Morgan fingerprint density at radius 2 is 2.10 bits per heavy atom. The molecular weight excluding hydrogens is 248 g/mol. The van der Waals surface area contributed by atoms with E-state index in [1.165, 1.54) is 5.56 Å². The summed E-state index contributed by atoms with van der Waals surface area (Å²) >= 11 is 0. The second-order valence-electron chi connectivity index (χ2n) is 6.38. The number of nitrogens with zero attached hydrogens (tertiary/aromatic N) is 3. The Morgan fingerprint density at radius 1 is 1.35 bits per heavy atom. The molecule has 1 aromatic rings. The van der Waals surface area contributed by atoms with Gasteiger partial charge in [0.25, 0.3) is 0 Å². The Kier molecular flexibility index (Phi) is 4.66. The fraction of sp³-hybridized carbons (Fsp3) is 0.688. The third kappa shape index (κ3) is 3.30. The van der Waals surface area contributed by atoms with E-state index in [9.17, 15) is 0 Å². The summed E-state index contributed by atoms with van der Waals surface area (Å²) in [6.45, 7) is 13.0. The van der Waals surface area contributed by atoms with Gasteiger partial charge in [0.05, 0.1) is 0 Å². The fourth-order valence-electron chi connectivity index (χ4n) is 2.70. The molecule has 0 spiro atoms. The van der Waals surface area contributed by atoms with Crippen LogP contribution in [0, 0.1) is 0 Å². The van der Waals surface area contributed by atoms with Crippen molar-refractivity contribution in [3.05, 3.63) is 23.9 Å². The first-order valence-corrected chi connectivity index (χ1v) is 7.59. The number of hydrogen-bond donors (Lipinski definition) is 1. The summed E-state index contributed by atoms with van der Waals surface area (Å²) in [5, 5.41) is 3.42. The number of hydrogen-bond acceptors (Lipinski definition) is 4. The van der Waals surface area contributed by atoms with E-state index in [-0.39, 0.29) is 5.54 Å². The van der Waals surface area contributed by atoms with Gasteiger partial charge in [0.1, 0.15) is 5.82 Å². The Labute approximate surface area is 123 Å². The molecule has 2 heterocycles. The number of rotatable bonds is 4. The van der Waals surface area contributed by atoms with Gasteiger partial charge in [-0.2, -0.15) is 0 Å². The molecule has 20 heavy (non-hydrogen) atoms. The molecule has 1 aliphatic heterocycles. The lowest BCUT2D eigenvalue weighted by Gasteiger charge is -2.45. The lowest BCUT2D eigenvalue weighted by atomic mass is 10.00. The summed E-state index contributed by atoms with van der Waals surface area (Å²) in [5.41, 5.74) is 1.46. The largest absolute Gasteiger partial charge is 0.354 e. The van der Waals surface area contributed by atoms with E-state index in [4.69, 9.17) is 0 Å². The Balaban J connectivity index is 2.07. The molecule has 0 saturated carbocycles. The summed E-state index contributed by atoms with van der Waals surface area (Å²) in [7, 11) is 2.20. The van der Waals surface area contributed by atoms with Crippen LogP contribution in [-0.4, -0.2) is 48.6 Å². The lowest BCUT2D eigenvalue weighted by molar-refractivity contribution is 0.138. The second kappa shape index (κ2) is 6.10. The Morgan fingerprint density at radius 3 is 2.65 bits per heavy atom. The summed E-state index contributed by atoms with van der Waals surface area (Å²) < 4.78 is 0. The van der Waals surface area contributed by atoms with Gasteiger partial charge in [-0.15, -0.1) is 0 Å². The minimum absolute atomic E-state index is 0.204. The second-order valence-corrected chi connectivity index (χ2v) is 6.38. The first-order chi connectivity index (χ1) is 9.44. The number of nitrogens with one attached hydrogen (secondary N) is 1. The highest BCUT2D eigenvalue weighted by atomic mass is 15.3. The van der Waals surface area contributed by atoms with Crippen LogP contribution in [0.2, 0.25) is 0 Å². The fourth-order valence-corrected chi connectivity index (χ4v) is 2.70. The van der Waals surface area contributed by atoms with Crippen molar-refractivity contribution >= 4 is 5.82 Å². The highest BCUT2D eigenvalue weighted by molar-refractivity contribution is 5.41. The van der Waals surface area contributed by atoms with Crippen LogP contribution in [-0.2, 0) is 0 Å². The number of piperazine rings is 1. The van der Waals surface area contributed by atoms with E-state index in [0.29, 0.717) is 6.04 Å². The van der Waals surface area contributed by atoms with Crippen molar-refractivity contribution < 1.29 is 0 Å². The third-order valence-electron chi connectivity index (χ3n) is 4.42. The van der Waals surface area contributed by atoms with Crippen molar-refractivity contribution in [2.45, 2.75) is 39.3 Å². The molecule has 1 N–H and O–H groups in total. The average molecular weight is 276 g/mol. The minimum atomic E-state index is 0.204. The molecule has 1 saturated heterocycles. The van der Waals surface area contributed by atoms with Gasteiger partial charge in [-0.05, 0) is 46.0 Å². The maximum atomic E-state index is 4.66. The van der Waals surface area contributed by atoms with E-state index >= 15 is 0 Å². The summed E-state index contributed by atoms with van der Waals surface area (Å²) in [6.07, 6.45) is 2.01. The molecule has 1 fully saturated rings. The van der Waals surface area contributed by atoms with Gasteiger partial charge in [-0.25, -0.2) is 4.98 Å². The zero-order valence-electron chi connectivity index (χ0n) is 13.5. The van der Waals surface area contributed by atoms with Gasteiger partial charge in [-0.1, -0.05) is 13.0 Å². The maximum absolute atomic E-state index is 4.66. The molecule has 1 atom stereocenters. The van der Waals surface area contributed by atoms with Crippen LogP contribution in [0.1, 0.15) is 39.3 Å². The van der Waals surface area contributed by atoms with E-state index in [0.717, 1.165) is 32.0 Å². The standard InChI is InChI=1S/C16H28N4/c1-6-17-13(2)14-7-8-15(18-11-14)20-10-9-19(5)16(3,4)12-20/h7-8,11,13,17H,6,9-10,12H2,1-5H3. The average Bonchev–Trinajstić information content (AvgIpc) is 2.42. The zero-order chi connectivity index (χ0) is 14.8. The third-order valence-corrected chi connectivity index (χ3v) is 4.42. The molecule has 1 aliphatic rings. The van der Waals surface area contributed by atoms with Gasteiger partial charge in [0, 0.05) is 37.4 Å². The SMILES string of the molecule is CCNC(C)c1ccc(N2CCN(C)C(C)(C)C2)nc1. The lowest BCUT2D eigenvalue weighted by Crippen LogP contribution is -2.57. The molecule has 4 heteroatoms. The van der Waals surface area contributed by atoms with E-state index < -0.39 is 0 Å². The van der Waals surface area contributed by atoms with Gasteiger partial charge < -0.3 is 10.2 Å². The summed E-state index contributed by atoms with van der Waals surface area (Å²) in [4.78, 5) is 9.48. The van der Waals surface area contributed by atoms with Crippen LogP contribution >= 0.6 is 0 Å². The van der Waals surface area contributed by atoms with Crippen molar-refractivity contribution in [2.24, 2.45) is 0 Å². The minimum Gasteiger partial charge on any atom is -0.354 e. The Bertz CT molecular complexity index is 427. The molecule has 0 bridgehead atoms. The van der Waals surface area contributed by atoms with Crippen molar-refractivity contribution in [1.29, 1.82) is 0 Å². The molecule has 2 rings (SSSR count). The maximum Gasteiger partial charge on any atom is 0.128 e. The molecule has 0 aromatic carbocycles. The smallest absolute Gasteiger partial charge is 0.128 e. The molecule has 0 radical (unpaired) electrons. The predicted molar refractivity (Wildman–Crippen MR) is 85.3 cm³/mol. The normalized spacial score (nSPS) is 20.9. The topological polar surface area (TPSA) is 31.4 Å².